The van der Waals surface area contributed by atoms with Crippen LogP contribution in [0.3, 0.4) is 0 Å². The zero-order chi connectivity index (χ0) is 9.84. The summed E-state index contributed by atoms with van der Waals surface area (Å²) >= 11 is 0. The fraction of sp³-hybridized carbons (Fsp3) is 0.444. The van der Waals surface area contributed by atoms with Gasteiger partial charge in [0.15, 0.2) is 0 Å². The summed E-state index contributed by atoms with van der Waals surface area (Å²) in [5, 5.41) is 8.95. The normalized spacial score (nSPS) is 13.2. The molecule has 13 heavy (non-hydrogen) atoms. The van der Waals surface area contributed by atoms with Crippen LogP contribution < -0.4 is 0 Å². The predicted octanol–water partition coefficient (Wildman–Crippen LogP) is 0.744. The number of nitrogens with one attached hydrogen (secondary N) is 1. The average Bonchev–Trinajstić information content (AvgIpc) is 2.50. The molecule has 2 N–H and O–H groups in total. The van der Waals surface area contributed by atoms with Gasteiger partial charge in [0.1, 0.15) is 5.92 Å². The Labute approximate surface area is 77.2 Å². The van der Waals surface area contributed by atoms with Gasteiger partial charge in [-0.2, -0.15) is 0 Å². The summed E-state index contributed by atoms with van der Waals surface area (Å²) in [4.78, 5) is 15.7. The van der Waals surface area contributed by atoms with Crippen LogP contribution in [-0.4, -0.2) is 41.6 Å². The molecule has 1 aromatic rings. The first kappa shape index (κ1) is 9.80. The molecule has 0 amide bonds. The monoisotopic (exact) mass is 182 g/mol. The van der Waals surface area contributed by atoms with Gasteiger partial charge >= 0.3 is 5.97 Å². The minimum absolute atomic E-state index is 0.468. The molecule has 0 radical (unpaired) electrons. The molecule has 0 bridgehead atoms. The highest BCUT2D eigenvalue weighted by Gasteiger charge is 2.20. The lowest BCUT2D eigenvalue weighted by atomic mass is 10.1. The number of aliphatic carboxylic acids is 1. The molecular weight excluding hydrogens is 168 g/mol. The van der Waals surface area contributed by atoms with Gasteiger partial charge in [-0.15, -0.1) is 0 Å². The molecule has 0 aliphatic heterocycles. The van der Waals surface area contributed by atoms with E-state index in [1.54, 1.807) is 18.3 Å². The lowest BCUT2D eigenvalue weighted by Gasteiger charge is -2.15. The molecule has 0 fully saturated rings. The number of hydrogen-bond donors (Lipinski definition) is 2. The Morgan fingerprint density at radius 3 is 2.77 bits per heavy atom. The summed E-state index contributed by atoms with van der Waals surface area (Å²) < 4.78 is 0. The third kappa shape index (κ3) is 2.59. The van der Waals surface area contributed by atoms with Gasteiger partial charge in [-0.1, -0.05) is 0 Å². The summed E-state index contributed by atoms with van der Waals surface area (Å²) in [7, 11) is 3.72. The number of H-pyrrole nitrogens is 1. The lowest BCUT2D eigenvalue weighted by molar-refractivity contribution is -0.139. The summed E-state index contributed by atoms with van der Waals surface area (Å²) in [6.45, 7) is 0.510. The summed E-state index contributed by atoms with van der Waals surface area (Å²) in [6, 6.07) is 3.60. The van der Waals surface area contributed by atoms with Gasteiger partial charge in [0.05, 0.1) is 0 Å². The van der Waals surface area contributed by atoms with Crippen molar-refractivity contribution >= 4 is 5.97 Å². The Morgan fingerprint density at radius 2 is 2.38 bits per heavy atom. The van der Waals surface area contributed by atoms with Gasteiger partial charge in [0.25, 0.3) is 0 Å². The van der Waals surface area contributed by atoms with E-state index in [-0.39, 0.29) is 0 Å². The Balaban J connectivity index is 2.75. The van der Waals surface area contributed by atoms with Crippen molar-refractivity contribution in [2.24, 2.45) is 0 Å². The minimum Gasteiger partial charge on any atom is -0.481 e. The van der Waals surface area contributed by atoms with Crippen LogP contribution in [0.15, 0.2) is 18.3 Å². The molecule has 0 aliphatic rings. The Bertz CT molecular complexity index is 267. The van der Waals surface area contributed by atoms with Crippen LogP contribution in [0.5, 0.6) is 0 Å². The first-order chi connectivity index (χ1) is 6.11. The molecule has 1 heterocycles. The van der Waals surface area contributed by atoms with Crippen molar-refractivity contribution in [3.8, 4) is 0 Å². The summed E-state index contributed by atoms with van der Waals surface area (Å²) in [5.41, 5.74) is 0.751. The van der Waals surface area contributed by atoms with E-state index in [1.807, 2.05) is 19.0 Å². The molecule has 4 nitrogen and oxygen atoms in total. The van der Waals surface area contributed by atoms with Crippen molar-refractivity contribution in [2.45, 2.75) is 5.92 Å². The third-order valence-corrected chi connectivity index (χ3v) is 1.84. The lowest BCUT2D eigenvalue weighted by Crippen LogP contribution is -2.26. The van der Waals surface area contributed by atoms with Gasteiger partial charge in [-0.25, -0.2) is 0 Å². The van der Waals surface area contributed by atoms with E-state index in [0.717, 1.165) is 5.69 Å². The highest BCUT2D eigenvalue weighted by atomic mass is 16.4. The fourth-order valence-corrected chi connectivity index (χ4v) is 1.24. The minimum atomic E-state index is -0.795. The number of aromatic amines is 1. The zero-order valence-electron chi connectivity index (χ0n) is 7.82. The smallest absolute Gasteiger partial charge is 0.313 e. The number of rotatable bonds is 4. The molecule has 72 valence electrons. The molecule has 0 aliphatic carbocycles. The maximum atomic E-state index is 10.9. The van der Waals surface area contributed by atoms with Crippen LogP contribution in [0.25, 0.3) is 0 Å². The molecule has 0 aromatic carbocycles. The number of nitrogens with zero attached hydrogens (tertiary/aromatic N) is 1. The molecule has 1 aromatic heterocycles. The van der Waals surface area contributed by atoms with Crippen molar-refractivity contribution in [3.05, 3.63) is 24.0 Å². The maximum Gasteiger partial charge on any atom is 0.313 e. The van der Waals surface area contributed by atoms with E-state index in [4.69, 9.17) is 5.11 Å². The van der Waals surface area contributed by atoms with Gasteiger partial charge in [-0.05, 0) is 26.2 Å². The van der Waals surface area contributed by atoms with Crippen LogP contribution >= 0.6 is 0 Å². The van der Waals surface area contributed by atoms with E-state index in [0.29, 0.717) is 6.54 Å². The predicted molar refractivity (Wildman–Crippen MR) is 49.7 cm³/mol. The molecule has 0 spiro atoms. The van der Waals surface area contributed by atoms with E-state index in [1.165, 1.54) is 0 Å². The Hall–Kier alpha value is -1.29. The highest BCUT2D eigenvalue weighted by molar-refractivity contribution is 5.75. The zero-order valence-corrected chi connectivity index (χ0v) is 7.82. The number of hydrogen-bond acceptors (Lipinski definition) is 2. The fourth-order valence-electron chi connectivity index (χ4n) is 1.24. The van der Waals surface area contributed by atoms with Crippen LogP contribution in [0.1, 0.15) is 11.6 Å². The first-order valence-corrected chi connectivity index (χ1v) is 4.12. The largest absolute Gasteiger partial charge is 0.481 e. The number of carboxylic acid groups (broad SMARTS) is 1. The second-order valence-corrected chi connectivity index (χ2v) is 3.28. The quantitative estimate of drug-likeness (QED) is 0.722. The number of aromatic nitrogens is 1. The van der Waals surface area contributed by atoms with Crippen LogP contribution in [-0.2, 0) is 4.79 Å². The molecule has 0 saturated heterocycles. The van der Waals surface area contributed by atoms with E-state index >= 15 is 0 Å². The molecule has 1 unspecified atom stereocenters. The second-order valence-electron chi connectivity index (χ2n) is 3.28. The Kier molecular flexibility index (Phi) is 3.08. The highest BCUT2D eigenvalue weighted by Crippen LogP contribution is 2.14. The van der Waals surface area contributed by atoms with Gasteiger partial charge < -0.3 is 15.0 Å². The topological polar surface area (TPSA) is 56.3 Å². The maximum absolute atomic E-state index is 10.9. The van der Waals surface area contributed by atoms with Crippen molar-refractivity contribution in [1.82, 2.24) is 9.88 Å². The van der Waals surface area contributed by atoms with Crippen molar-refractivity contribution < 1.29 is 9.90 Å². The molecular formula is C9H14N2O2. The van der Waals surface area contributed by atoms with Gasteiger partial charge in [0, 0.05) is 18.4 Å². The van der Waals surface area contributed by atoms with E-state index in [2.05, 4.69) is 4.98 Å². The number of carboxylic acids is 1. The first-order valence-electron chi connectivity index (χ1n) is 4.12. The summed E-state index contributed by atoms with van der Waals surface area (Å²) in [5.74, 6) is -1.26. The molecule has 4 heteroatoms. The van der Waals surface area contributed by atoms with Crippen molar-refractivity contribution in [1.29, 1.82) is 0 Å². The average molecular weight is 182 g/mol. The van der Waals surface area contributed by atoms with E-state index in [9.17, 15) is 4.79 Å². The standard InChI is InChI=1S/C9H14N2O2/c1-11(2)6-7(9(12)13)8-4-3-5-10-8/h3-5,7,10H,6H2,1-2H3,(H,12,13). The third-order valence-electron chi connectivity index (χ3n) is 1.84. The number of carbonyl (C=O) groups is 1. The second kappa shape index (κ2) is 4.09. The molecule has 1 rings (SSSR count). The Morgan fingerprint density at radius 1 is 1.69 bits per heavy atom. The van der Waals surface area contributed by atoms with E-state index < -0.39 is 11.9 Å². The SMILES string of the molecule is CN(C)CC(C(=O)O)c1ccc[nH]1. The number of likely N-dealkylation sites (N-methyl/N-ethyl adjacent to an activating group) is 1. The molecule has 1 atom stereocenters. The molecule has 0 saturated carbocycles. The van der Waals surface area contributed by atoms with Crippen LogP contribution in [0, 0.1) is 0 Å². The summed E-state index contributed by atoms with van der Waals surface area (Å²) in [6.07, 6.45) is 1.74. The van der Waals surface area contributed by atoms with Crippen LogP contribution in [0.2, 0.25) is 0 Å². The van der Waals surface area contributed by atoms with Gasteiger partial charge in [0.2, 0.25) is 0 Å². The van der Waals surface area contributed by atoms with Crippen LogP contribution in [0.4, 0.5) is 0 Å². The van der Waals surface area contributed by atoms with Gasteiger partial charge in [-0.3, -0.25) is 4.79 Å². The van der Waals surface area contributed by atoms with Crippen molar-refractivity contribution in [2.75, 3.05) is 20.6 Å². The van der Waals surface area contributed by atoms with Crippen molar-refractivity contribution in [3.63, 3.8) is 0 Å².